The number of hydrogen-bond acceptors (Lipinski definition) is 5. The molecule has 2 heterocycles. The van der Waals surface area contributed by atoms with Crippen molar-refractivity contribution in [2.45, 2.75) is 13.5 Å². The Morgan fingerprint density at radius 2 is 1.96 bits per heavy atom. The second kappa shape index (κ2) is 5.98. The van der Waals surface area contributed by atoms with Crippen LogP contribution in [0.5, 0.6) is 17.2 Å². The fourth-order valence-electron chi connectivity index (χ4n) is 2.76. The van der Waals surface area contributed by atoms with Crippen molar-refractivity contribution in [2.24, 2.45) is 0 Å². The van der Waals surface area contributed by atoms with Gasteiger partial charge in [-0.05, 0) is 30.7 Å². The van der Waals surface area contributed by atoms with Gasteiger partial charge >= 0.3 is 5.97 Å². The van der Waals surface area contributed by atoms with Gasteiger partial charge in [0.1, 0.15) is 12.4 Å². The molecule has 1 aliphatic heterocycles. The molecular formula is C19H15NO5. The van der Waals surface area contributed by atoms with Crippen LogP contribution in [0.4, 0.5) is 0 Å². The number of ether oxygens (including phenoxy) is 3. The van der Waals surface area contributed by atoms with Crippen molar-refractivity contribution >= 4 is 16.9 Å². The average Bonchev–Trinajstić information content (AvgIpc) is 3.05. The predicted molar refractivity (Wildman–Crippen MR) is 90.3 cm³/mol. The summed E-state index contributed by atoms with van der Waals surface area (Å²) in [5.41, 5.74) is 2.09. The molecule has 126 valence electrons. The van der Waals surface area contributed by atoms with Gasteiger partial charge in [-0.1, -0.05) is 18.2 Å². The van der Waals surface area contributed by atoms with Crippen LogP contribution in [0.3, 0.4) is 0 Å². The van der Waals surface area contributed by atoms with Crippen molar-refractivity contribution in [1.29, 1.82) is 0 Å². The molecule has 25 heavy (non-hydrogen) atoms. The molecule has 2 aromatic carbocycles. The summed E-state index contributed by atoms with van der Waals surface area (Å²) >= 11 is 0. The molecule has 0 radical (unpaired) electrons. The molecule has 0 unspecified atom stereocenters. The molecule has 1 aliphatic rings. The first-order valence-electron chi connectivity index (χ1n) is 7.77. The Hall–Kier alpha value is -3.28. The van der Waals surface area contributed by atoms with Crippen molar-refractivity contribution in [1.82, 2.24) is 4.98 Å². The van der Waals surface area contributed by atoms with Crippen molar-refractivity contribution in [3.05, 3.63) is 59.3 Å². The molecule has 6 heteroatoms. The van der Waals surface area contributed by atoms with Gasteiger partial charge in [0.2, 0.25) is 6.79 Å². The summed E-state index contributed by atoms with van der Waals surface area (Å²) in [6.07, 6.45) is 0. The molecule has 1 N–H and O–H groups in total. The van der Waals surface area contributed by atoms with Gasteiger partial charge in [0, 0.05) is 11.5 Å². The second-order valence-corrected chi connectivity index (χ2v) is 5.74. The van der Waals surface area contributed by atoms with Crippen LogP contribution >= 0.6 is 0 Å². The van der Waals surface area contributed by atoms with Crippen molar-refractivity contribution in [2.75, 3.05) is 6.79 Å². The number of aromatic carboxylic acids is 1. The fraction of sp³-hybridized carbons (Fsp3) is 0.158. The average molecular weight is 337 g/mol. The zero-order chi connectivity index (χ0) is 17.4. The molecular weight excluding hydrogens is 322 g/mol. The van der Waals surface area contributed by atoms with E-state index in [0.29, 0.717) is 33.8 Å². The number of benzene rings is 2. The van der Waals surface area contributed by atoms with Gasteiger partial charge in [0.15, 0.2) is 11.5 Å². The zero-order valence-electron chi connectivity index (χ0n) is 13.5. The fourth-order valence-corrected chi connectivity index (χ4v) is 2.76. The maximum Gasteiger partial charge on any atom is 0.337 e. The van der Waals surface area contributed by atoms with E-state index in [1.165, 1.54) is 0 Å². The van der Waals surface area contributed by atoms with Gasteiger partial charge in [0.25, 0.3) is 0 Å². The highest BCUT2D eigenvalue weighted by atomic mass is 16.7. The van der Waals surface area contributed by atoms with E-state index in [4.69, 9.17) is 14.2 Å². The van der Waals surface area contributed by atoms with E-state index >= 15 is 0 Å². The first-order valence-corrected chi connectivity index (χ1v) is 7.77. The van der Waals surface area contributed by atoms with E-state index in [1.807, 2.05) is 31.2 Å². The first kappa shape index (κ1) is 15.3. The summed E-state index contributed by atoms with van der Waals surface area (Å²) in [7, 11) is 0. The van der Waals surface area contributed by atoms with Crippen LogP contribution in [0.25, 0.3) is 10.9 Å². The number of hydrogen-bond donors (Lipinski definition) is 1. The number of nitrogens with zero attached hydrogens (tertiary/aromatic N) is 1. The van der Waals surface area contributed by atoms with E-state index in [-0.39, 0.29) is 19.0 Å². The number of pyridine rings is 1. The second-order valence-electron chi connectivity index (χ2n) is 5.74. The summed E-state index contributed by atoms with van der Waals surface area (Å²) in [6, 6.07) is 12.6. The molecule has 0 fully saturated rings. The van der Waals surface area contributed by atoms with Crippen molar-refractivity contribution < 1.29 is 24.1 Å². The lowest BCUT2D eigenvalue weighted by Crippen LogP contribution is -2.09. The Balaban J connectivity index is 1.73. The number of rotatable bonds is 4. The highest BCUT2D eigenvalue weighted by molar-refractivity contribution is 5.95. The molecule has 4 rings (SSSR count). The number of fused-ring (bicyclic) bond motifs is 2. The lowest BCUT2D eigenvalue weighted by molar-refractivity contribution is 0.0693. The normalized spacial score (nSPS) is 12.4. The van der Waals surface area contributed by atoms with E-state index in [9.17, 15) is 9.90 Å². The van der Waals surface area contributed by atoms with Crippen LogP contribution in [0.2, 0.25) is 0 Å². The molecule has 0 spiro atoms. The highest BCUT2D eigenvalue weighted by Gasteiger charge is 2.19. The Bertz CT molecular complexity index is 983. The Labute approximate surface area is 143 Å². The Kier molecular flexibility index (Phi) is 3.65. The number of aromatic nitrogens is 1. The number of aryl methyl sites for hydroxylation is 1. The summed E-state index contributed by atoms with van der Waals surface area (Å²) in [5, 5.41) is 10.2. The summed E-state index contributed by atoms with van der Waals surface area (Å²) in [6.45, 7) is 2.15. The number of para-hydroxylation sites is 1. The summed E-state index contributed by atoms with van der Waals surface area (Å²) in [5.74, 6) is 0.852. The summed E-state index contributed by atoms with van der Waals surface area (Å²) < 4.78 is 16.5. The lowest BCUT2D eigenvalue weighted by Gasteiger charge is -2.11. The van der Waals surface area contributed by atoms with E-state index in [2.05, 4.69) is 4.98 Å². The van der Waals surface area contributed by atoms with Crippen LogP contribution in [-0.2, 0) is 6.61 Å². The van der Waals surface area contributed by atoms with Crippen LogP contribution in [0.15, 0.2) is 42.5 Å². The third-order valence-electron chi connectivity index (χ3n) is 4.08. The highest BCUT2D eigenvalue weighted by Crippen LogP contribution is 2.36. The number of carboxylic acid groups (broad SMARTS) is 1. The van der Waals surface area contributed by atoms with Crippen LogP contribution in [0, 0.1) is 6.92 Å². The predicted octanol–water partition coefficient (Wildman–Crippen LogP) is 3.55. The molecule has 0 saturated heterocycles. The minimum atomic E-state index is -1.05. The monoisotopic (exact) mass is 337 g/mol. The molecule has 6 nitrogen and oxygen atoms in total. The Morgan fingerprint density at radius 3 is 2.72 bits per heavy atom. The molecule has 1 aromatic heterocycles. The molecule has 0 atom stereocenters. The lowest BCUT2D eigenvalue weighted by atomic mass is 10.1. The van der Waals surface area contributed by atoms with Crippen molar-refractivity contribution in [3.63, 3.8) is 0 Å². The molecule has 0 bridgehead atoms. The van der Waals surface area contributed by atoms with Gasteiger partial charge in [-0.15, -0.1) is 0 Å². The van der Waals surface area contributed by atoms with E-state index in [0.717, 1.165) is 5.56 Å². The van der Waals surface area contributed by atoms with Crippen LogP contribution in [0.1, 0.15) is 21.6 Å². The van der Waals surface area contributed by atoms with Gasteiger partial charge in [-0.3, -0.25) is 0 Å². The largest absolute Gasteiger partial charge is 0.487 e. The Morgan fingerprint density at radius 1 is 1.20 bits per heavy atom. The topological polar surface area (TPSA) is 77.9 Å². The third kappa shape index (κ3) is 2.82. The zero-order valence-corrected chi connectivity index (χ0v) is 13.5. The van der Waals surface area contributed by atoms with Crippen LogP contribution < -0.4 is 14.2 Å². The minimum Gasteiger partial charge on any atom is -0.487 e. The van der Waals surface area contributed by atoms with Gasteiger partial charge in [-0.25, -0.2) is 9.78 Å². The SMILES string of the molecule is Cc1ccccc1OCc1nc2cc3c(cc2cc1C(=O)O)OCO3. The molecule has 3 aromatic rings. The number of carbonyl (C=O) groups is 1. The van der Waals surface area contributed by atoms with E-state index in [1.54, 1.807) is 18.2 Å². The first-order chi connectivity index (χ1) is 12.1. The molecule has 0 saturated carbocycles. The van der Waals surface area contributed by atoms with Gasteiger partial charge in [0.05, 0.1) is 16.8 Å². The maximum absolute atomic E-state index is 11.6. The molecule has 0 amide bonds. The van der Waals surface area contributed by atoms with E-state index < -0.39 is 5.97 Å². The quantitative estimate of drug-likeness (QED) is 0.784. The van der Waals surface area contributed by atoms with Crippen molar-refractivity contribution in [3.8, 4) is 17.2 Å². The smallest absolute Gasteiger partial charge is 0.337 e. The van der Waals surface area contributed by atoms with Gasteiger partial charge in [-0.2, -0.15) is 0 Å². The maximum atomic E-state index is 11.6. The minimum absolute atomic E-state index is 0.0663. The molecule has 0 aliphatic carbocycles. The standard InChI is InChI=1S/C19H15NO5/c1-11-4-2-3-5-16(11)23-9-15-13(19(21)22)6-12-7-17-18(25-10-24-17)8-14(12)20-15/h2-8H,9-10H2,1H3,(H,21,22). The third-order valence-corrected chi connectivity index (χ3v) is 4.08. The van der Waals surface area contributed by atoms with Crippen LogP contribution in [-0.4, -0.2) is 22.9 Å². The summed E-state index contributed by atoms with van der Waals surface area (Å²) in [4.78, 5) is 16.1. The van der Waals surface area contributed by atoms with Gasteiger partial charge < -0.3 is 19.3 Å². The number of carboxylic acids is 1.